The van der Waals surface area contributed by atoms with Crippen LogP contribution in [0.4, 0.5) is 0 Å². The van der Waals surface area contributed by atoms with Gasteiger partial charge in [-0.1, -0.05) is 18.0 Å². The minimum absolute atomic E-state index is 0.516. The molecule has 0 amide bonds. The molecule has 1 aromatic heterocycles. The minimum atomic E-state index is 0.516. The number of piperidine rings is 1. The lowest BCUT2D eigenvalue weighted by Gasteiger charge is -2.32. The summed E-state index contributed by atoms with van der Waals surface area (Å²) in [5.41, 5.74) is 1.47. The van der Waals surface area contributed by atoms with Crippen LogP contribution in [0.2, 0.25) is 4.34 Å². The fraction of sp³-hybridized carbons (Fsp3) is 0.750. The Balaban J connectivity index is 1.57. The van der Waals surface area contributed by atoms with Crippen molar-refractivity contribution in [2.24, 2.45) is 0 Å². The molecule has 112 valence electrons. The average Bonchev–Trinajstić information content (AvgIpc) is 2.81. The van der Waals surface area contributed by atoms with Gasteiger partial charge < -0.3 is 10.2 Å². The van der Waals surface area contributed by atoms with Gasteiger partial charge in [-0.3, -0.25) is 0 Å². The van der Waals surface area contributed by atoms with E-state index in [0.29, 0.717) is 12.1 Å². The maximum Gasteiger partial charge on any atom is 0.0934 e. The van der Waals surface area contributed by atoms with Crippen molar-refractivity contribution >= 4 is 22.9 Å². The van der Waals surface area contributed by atoms with E-state index in [4.69, 9.17) is 11.6 Å². The summed E-state index contributed by atoms with van der Waals surface area (Å²) in [6.45, 7) is 6.08. The highest BCUT2D eigenvalue weighted by Gasteiger charge is 2.24. The molecule has 1 N–H and O–H groups in total. The monoisotopic (exact) mass is 312 g/mol. The molecule has 3 rings (SSSR count). The fourth-order valence-electron chi connectivity index (χ4n) is 3.62. The largest absolute Gasteiger partial charge is 0.306 e. The molecule has 20 heavy (non-hydrogen) atoms. The van der Waals surface area contributed by atoms with Crippen LogP contribution in [0.5, 0.6) is 0 Å². The van der Waals surface area contributed by atoms with E-state index in [1.54, 1.807) is 11.3 Å². The van der Waals surface area contributed by atoms with Crippen LogP contribution in [0.15, 0.2) is 6.07 Å². The van der Waals surface area contributed by atoms with Crippen LogP contribution >= 0.6 is 22.9 Å². The molecule has 4 heteroatoms. The molecule has 1 fully saturated rings. The Morgan fingerprint density at radius 3 is 2.95 bits per heavy atom. The fourth-order valence-corrected chi connectivity index (χ4v) is 5.00. The van der Waals surface area contributed by atoms with Crippen molar-refractivity contribution in [2.45, 2.75) is 57.5 Å². The minimum Gasteiger partial charge on any atom is -0.306 e. The molecule has 2 unspecified atom stereocenters. The number of aryl methyl sites for hydroxylation is 1. The molecule has 2 aliphatic rings. The summed E-state index contributed by atoms with van der Waals surface area (Å²) in [7, 11) is 0. The topological polar surface area (TPSA) is 15.3 Å². The van der Waals surface area contributed by atoms with E-state index in [-0.39, 0.29) is 0 Å². The van der Waals surface area contributed by atoms with Crippen LogP contribution in [0.25, 0.3) is 0 Å². The van der Waals surface area contributed by atoms with E-state index in [2.05, 4.69) is 23.2 Å². The molecule has 1 aliphatic carbocycles. The number of hydrogen-bond donors (Lipinski definition) is 1. The van der Waals surface area contributed by atoms with Gasteiger partial charge in [0, 0.05) is 23.5 Å². The second-order valence-corrected chi connectivity index (χ2v) is 8.07. The molecule has 2 heterocycles. The SMILES string of the molecule is CC(CN1CCCCC1)NC1CCCc2sc(Cl)cc21. The van der Waals surface area contributed by atoms with E-state index in [1.807, 2.05) is 0 Å². The van der Waals surface area contributed by atoms with Crippen molar-refractivity contribution in [3.8, 4) is 0 Å². The zero-order valence-electron chi connectivity index (χ0n) is 12.3. The zero-order valence-corrected chi connectivity index (χ0v) is 13.9. The summed E-state index contributed by atoms with van der Waals surface area (Å²) in [5, 5.41) is 3.84. The molecule has 2 nitrogen and oxygen atoms in total. The van der Waals surface area contributed by atoms with Crippen molar-refractivity contribution in [1.29, 1.82) is 0 Å². The molecule has 1 saturated heterocycles. The average molecular weight is 313 g/mol. The standard InChI is InChI=1S/C16H25ClN2S/c1-12(11-19-8-3-2-4-9-19)18-14-6-5-7-15-13(14)10-16(17)20-15/h10,12,14,18H,2-9,11H2,1H3. The number of nitrogens with zero attached hydrogens (tertiary/aromatic N) is 1. The van der Waals surface area contributed by atoms with Crippen molar-refractivity contribution in [1.82, 2.24) is 10.2 Å². The summed E-state index contributed by atoms with van der Waals surface area (Å²) in [6.07, 6.45) is 7.92. The molecular weight excluding hydrogens is 288 g/mol. The number of likely N-dealkylation sites (tertiary alicyclic amines) is 1. The molecule has 0 bridgehead atoms. The Morgan fingerprint density at radius 2 is 2.15 bits per heavy atom. The lowest BCUT2D eigenvalue weighted by molar-refractivity contribution is 0.202. The predicted octanol–water partition coefficient (Wildman–Crippen LogP) is 4.24. The Labute approximate surface area is 131 Å². The number of fused-ring (bicyclic) bond motifs is 1. The first-order chi connectivity index (χ1) is 9.72. The normalized spacial score (nSPS) is 25.4. The van der Waals surface area contributed by atoms with Crippen molar-refractivity contribution in [3.63, 3.8) is 0 Å². The van der Waals surface area contributed by atoms with E-state index in [1.165, 1.54) is 68.6 Å². The summed E-state index contributed by atoms with van der Waals surface area (Å²) in [4.78, 5) is 4.12. The van der Waals surface area contributed by atoms with Crippen molar-refractivity contribution in [3.05, 3.63) is 20.8 Å². The van der Waals surface area contributed by atoms with Crippen LogP contribution in [0.3, 0.4) is 0 Å². The molecular formula is C16H25ClN2S. The van der Waals surface area contributed by atoms with Gasteiger partial charge in [-0.05, 0) is 63.7 Å². The van der Waals surface area contributed by atoms with E-state index < -0.39 is 0 Å². The van der Waals surface area contributed by atoms with Gasteiger partial charge in [-0.2, -0.15) is 0 Å². The van der Waals surface area contributed by atoms with Crippen molar-refractivity contribution < 1.29 is 0 Å². The van der Waals surface area contributed by atoms with Crippen LogP contribution in [0.1, 0.15) is 55.5 Å². The number of halogens is 1. The van der Waals surface area contributed by atoms with Gasteiger partial charge in [0.2, 0.25) is 0 Å². The molecule has 1 aliphatic heterocycles. The van der Waals surface area contributed by atoms with Crippen LogP contribution in [-0.4, -0.2) is 30.6 Å². The number of hydrogen-bond acceptors (Lipinski definition) is 3. The van der Waals surface area contributed by atoms with E-state index >= 15 is 0 Å². The Morgan fingerprint density at radius 1 is 1.35 bits per heavy atom. The van der Waals surface area contributed by atoms with Gasteiger partial charge in [-0.15, -0.1) is 11.3 Å². The van der Waals surface area contributed by atoms with E-state index in [0.717, 1.165) is 4.34 Å². The zero-order chi connectivity index (χ0) is 13.9. The van der Waals surface area contributed by atoms with Gasteiger partial charge in [0.05, 0.1) is 4.34 Å². The maximum absolute atomic E-state index is 6.19. The first-order valence-corrected chi connectivity index (χ1v) is 9.18. The van der Waals surface area contributed by atoms with Crippen LogP contribution in [0, 0.1) is 0 Å². The summed E-state index contributed by atoms with van der Waals surface area (Å²) >= 11 is 7.96. The molecule has 2 atom stereocenters. The number of thiophene rings is 1. The van der Waals surface area contributed by atoms with E-state index in [9.17, 15) is 0 Å². The third kappa shape index (κ3) is 3.56. The Kier molecular flexibility index (Phi) is 5.03. The quantitative estimate of drug-likeness (QED) is 0.894. The smallest absolute Gasteiger partial charge is 0.0934 e. The summed E-state index contributed by atoms with van der Waals surface area (Å²) in [5.74, 6) is 0. The van der Waals surface area contributed by atoms with Gasteiger partial charge in [0.25, 0.3) is 0 Å². The molecule has 0 aromatic carbocycles. The van der Waals surface area contributed by atoms with Gasteiger partial charge in [-0.25, -0.2) is 0 Å². The third-order valence-electron chi connectivity index (χ3n) is 4.55. The first-order valence-electron chi connectivity index (χ1n) is 7.99. The van der Waals surface area contributed by atoms with Crippen LogP contribution in [-0.2, 0) is 6.42 Å². The van der Waals surface area contributed by atoms with Gasteiger partial charge >= 0.3 is 0 Å². The third-order valence-corrected chi connectivity index (χ3v) is 5.89. The van der Waals surface area contributed by atoms with Crippen LogP contribution < -0.4 is 5.32 Å². The highest BCUT2D eigenvalue weighted by molar-refractivity contribution is 7.16. The number of nitrogens with one attached hydrogen (secondary N) is 1. The Bertz CT molecular complexity index is 440. The lowest BCUT2D eigenvalue weighted by Crippen LogP contribution is -2.43. The highest BCUT2D eigenvalue weighted by Crippen LogP contribution is 2.38. The van der Waals surface area contributed by atoms with Crippen molar-refractivity contribution in [2.75, 3.05) is 19.6 Å². The molecule has 0 saturated carbocycles. The summed E-state index contributed by atoms with van der Waals surface area (Å²) < 4.78 is 0.951. The first kappa shape index (κ1) is 14.8. The highest BCUT2D eigenvalue weighted by atomic mass is 35.5. The molecule has 1 aromatic rings. The predicted molar refractivity (Wildman–Crippen MR) is 87.9 cm³/mol. The second-order valence-electron chi connectivity index (χ2n) is 6.30. The summed E-state index contributed by atoms with van der Waals surface area (Å²) in [6, 6.07) is 3.26. The second kappa shape index (κ2) is 6.78. The van der Waals surface area contributed by atoms with Gasteiger partial charge in [0.1, 0.15) is 0 Å². The molecule has 0 radical (unpaired) electrons. The molecule has 0 spiro atoms. The Hall–Kier alpha value is -0.0900. The number of rotatable bonds is 4. The maximum atomic E-state index is 6.19. The van der Waals surface area contributed by atoms with Gasteiger partial charge in [0.15, 0.2) is 0 Å². The lowest BCUT2D eigenvalue weighted by atomic mass is 9.93.